The van der Waals surface area contributed by atoms with Gasteiger partial charge in [-0.25, -0.2) is 15.0 Å². The number of ketones is 1. The average Bonchev–Trinajstić information content (AvgIpc) is 3.35. The van der Waals surface area contributed by atoms with Crippen molar-refractivity contribution in [2.75, 3.05) is 5.32 Å². The third-order valence-electron chi connectivity index (χ3n) is 8.59. The van der Waals surface area contributed by atoms with Crippen LogP contribution in [0.2, 0.25) is 0 Å². The van der Waals surface area contributed by atoms with Crippen LogP contribution in [0.4, 0.5) is 19.0 Å². The maximum atomic E-state index is 13.8. The van der Waals surface area contributed by atoms with Gasteiger partial charge in [-0.2, -0.15) is 18.3 Å². The number of likely N-dealkylation sites (tertiary alicyclic amines) is 1. The maximum Gasteiger partial charge on any atom is 0.433 e. The number of benzene rings is 1. The molecule has 2 fully saturated rings. The number of fused-ring (bicyclic) bond motifs is 2. The zero-order valence-corrected chi connectivity index (χ0v) is 25.5. The Kier molecular flexibility index (Phi) is 7.40. The number of amides is 2. The van der Waals surface area contributed by atoms with Gasteiger partial charge in [0.15, 0.2) is 11.6 Å². The monoisotopic (exact) mass is 632 g/mol. The Morgan fingerprint density at radius 2 is 1.80 bits per heavy atom. The summed E-state index contributed by atoms with van der Waals surface area (Å²) in [5.74, 6) is -1.04. The van der Waals surface area contributed by atoms with Gasteiger partial charge in [0.2, 0.25) is 11.8 Å². The Bertz CT molecular complexity index is 1930. The number of pyridine rings is 1. The number of aromatic nitrogens is 5. The van der Waals surface area contributed by atoms with Crippen LogP contribution >= 0.6 is 0 Å². The molecule has 0 unspecified atom stereocenters. The molecule has 3 atom stereocenters. The Hall–Kier alpha value is -5.14. The number of Topliss-reactive ketones (excluding diaryl/α,β-unsaturated/α-hetero) is 1. The normalized spacial score (nSPS) is 20.9. The number of hydrogen-bond acceptors (Lipinski definition) is 8. The minimum atomic E-state index is -4.68. The van der Waals surface area contributed by atoms with E-state index < -0.39 is 29.7 Å². The van der Waals surface area contributed by atoms with Crippen LogP contribution in [-0.4, -0.2) is 59.3 Å². The van der Waals surface area contributed by atoms with Gasteiger partial charge in [0.1, 0.15) is 29.8 Å². The summed E-state index contributed by atoms with van der Waals surface area (Å²) in [5, 5.41) is 7.53. The summed E-state index contributed by atoms with van der Waals surface area (Å²) in [6.45, 7) is 6.39. The van der Waals surface area contributed by atoms with Gasteiger partial charge >= 0.3 is 6.18 Å². The SMILES string of the molecule is CC(=O)c1nn(CC(=O)N2[C@H](C(=O)Nc3nc(C(F)(F)F)ccc3C)C[C@@]3(C)C[C@@H]23)c2ccc(-c3cnc(/C=C(/C)N)nc3)cc12. The molecule has 14 heteroatoms. The highest BCUT2D eigenvalue weighted by Crippen LogP contribution is 2.59. The van der Waals surface area contributed by atoms with Crippen molar-refractivity contribution in [3.63, 3.8) is 0 Å². The van der Waals surface area contributed by atoms with Gasteiger partial charge in [0.25, 0.3) is 0 Å². The van der Waals surface area contributed by atoms with Crippen LogP contribution < -0.4 is 11.1 Å². The standard InChI is InChI=1S/C32H31F3N8O3/c1-16-5-8-24(32(33,34)35)39-29(16)40-30(46)23-11-31(4)12-25(31)43(23)27(45)15-42-22-7-6-19(10-21(22)28(41-42)18(3)44)20-13-37-26(38-14-20)9-17(2)36/h5-10,13-14,23,25H,11-12,15,36H2,1-4H3,(H,39,40,46)/b17-9-/t23-,25+,31-/m0/s1. The third kappa shape index (κ3) is 5.70. The quantitative estimate of drug-likeness (QED) is 0.277. The molecule has 3 N–H and O–H groups in total. The molecule has 1 aromatic carbocycles. The van der Waals surface area contributed by atoms with Crippen LogP contribution in [0.3, 0.4) is 0 Å². The van der Waals surface area contributed by atoms with Crippen LogP contribution in [0.25, 0.3) is 28.1 Å². The van der Waals surface area contributed by atoms with E-state index in [4.69, 9.17) is 5.73 Å². The number of allylic oxidation sites excluding steroid dienone is 1. The third-order valence-corrected chi connectivity index (χ3v) is 8.59. The van der Waals surface area contributed by atoms with Crippen molar-refractivity contribution < 1.29 is 27.6 Å². The largest absolute Gasteiger partial charge is 0.433 e. The Balaban J connectivity index is 1.26. The van der Waals surface area contributed by atoms with Crippen molar-refractivity contribution in [3.05, 3.63) is 71.2 Å². The summed E-state index contributed by atoms with van der Waals surface area (Å²) in [4.78, 5) is 53.6. The van der Waals surface area contributed by atoms with E-state index in [0.717, 1.165) is 11.6 Å². The molecule has 1 aliphatic heterocycles. The molecule has 6 rings (SSSR count). The highest BCUT2D eigenvalue weighted by molar-refractivity contribution is 6.06. The number of aryl methyl sites for hydroxylation is 1. The molecule has 238 valence electrons. The number of anilines is 1. The average molecular weight is 633 g/mol. The van der Waals surface area contributed by atoms with E-state index in [1.54, 1.807) is 44.4 Å². The topological polar surface area (TPSA) is 149 Å². The van der Waals surface area contributed by atoms with Crippen molar-refractivity contribution in [2.45, 2.75) is 65.3 Å². The highest BCUT2D eigenvalue weighted by Gasteiger charge is 2.64. The van der Waals surface area contributed by atoms with E-state index in [0.29, 0.717) is 46.4 Å². The second-order valence-corrected chi connectivity index (χ2v) is 12.3. The molecule has 3 aromatic heterocycles. The highest BCUT2D eigenvalue weighted by atomic mass is 19.4. The van der Waals surface area contributed by atoms with Gasteiger partial charge in [0.05, 0.1) is 5.52 Å². The molecule has 0 spiro atoms. The van der Waals surface area contributed by atoms with E-state index >= 15 is 0 Å². The van der Waals surface area contributed by atoms with Crippen molar-refractivity contribution in [3.8, 4) is 11.1 Å². The second-order valence-electron chi connectivity index (χ2n) is 12.3. The number of hydrogen-bond donors (Lipinski definition) is 2. The summed E-state index contributed by atoms with van der Waals surface area (Å²) in [7, 11) is 0. The number of halogens is 3. The van der Waals surface area contributed by atoms with E-state index in [1.165, 1.54) is 22.6 Å². The van der Waals surface area contributed by atoms with Crippen molar-refractivity contribution in [1.82, 2.24) is 29.6 Å². The molecular formula is C32H31F3N8O3. The summed E-state index contributed by atoms with van der Waals surface area (Å²) in [6, 6.07) is 6.34. The first-order chi connectivity index (χ1) is 21.6. The second kappa shape index (κ2) is 11.0. The Morgan fingerprint density at radius 1 is 1.09 bits per heavy atom. The molecular weight excluding hydrogens is 601 g/mol. The molecule has 2 amide bonds. The van der Waals surface area contributed by atoms with Crippen LogP contribution in [0.15, 0.2) is 48.4 Å². The van der Waals surface area contributed by atoms with E-state index in [-0.39, 0.29) is 35.3 Å². The molecule has 0 radical (unpaired) electrons. The summed E-state index contributed by atoms with van der Waals surface area (Å²) >= 11 is 0. The van der Waals surface area contributed by atoms with Gasteiger partial charge in [-0.3, -0.25) is 19.1 Å². The van der Waals surface area contributed by atoms with E-state index in [1.807, 2.05) is 13.0 Å². The zero-order chi connectivity index (χ0) is 33.1. The Morgan fingerprint density at radius 3 is 2.46 bits per heavy atom. The lowest BCUT2D eigenvalue weighted by Gasteiger charge is -2.27. The molecule has 2 aliphatic rings. The molecule has 46 heavy (non-hydrogen) atoms. The predicted octanol–water partition coefficient (Wildman–Crippen LogP) is 4.76. The Labute approximate surface area is 261 Å². The number of rotatable bonds is 7. The number of nitrogens with zero attached hydrogens (tertiary/aromatic N) is 6. The number of carbonyl (C=O) groups is 3. The van der Waals surface area contributed by atoms with Crippen LogP contribution in [-0.2, 0) is 22.3 Å². The molecule has 1 saturated carbocycles. The van der Waals surface area contributed by atoms with Crippen LogP contribution in [0.1, 0.15) is 61.2 Å². The van der Waals surface area contributed by atoms with E-state index in [2.05, 4.69) is 25.4 Å². The van der Waals surface area contributed by atoms with Gasteiger partial charge < -0.3 is 16.0 Å². The molecule has 1 saturated heterocycles. The predicted molar refractivity (Wildman–Crippen MR) is 163 cm³/mol. The molecule has 0 bridgehead atoms. The number of nitrogens with two attached hydrogens (primary N) is 1. The van der Waals surface area contributed by atoms with Gasteiger partial charge in [-0.05, 0) is 61.4 Å². The first-order valence-corrected chi connectivity index (χ1v) is 14.6. The fraction of sp³-hybridized carbons (Fsp3) is 0.344. The van der Waals surface area contributed by atoms with Gasteiger partial charge in [0, 0.05) is 48.1 Å². The number of carbonyl (C=O) groups excluding carboxylic acids is 3. The summed E-state index contributed by atoms with van der Waals surface area (Å²) in [6.07, 6.45) is 1.31. The minimum Gasteiger partial charge on any atom is -0.402 e. The van der Waals surface area contributed by atoms with E-state index in [9.17, 15) is 27.6 Å². The first kappa shape index (κ1) is 30.9. The summed E-state index contributed by atoms with van der Waals surface area (Å²) < 4.78 is 41.3. The molecule has 4 heterocycles. The lowest BCUT2D eigenvalue weighted by atomic mass is 10.0. The smallest absolute Gasteiger partial charge is 0.402 e. The minimum absolute atomic E-state index is 0.182. The number of alkyl halides is 3. The van der Waals surface area contributed by atoms with Crippen LogP contribution in [0, 0.1) is 12.3 Å². The fourth-order valence-corrected chi connectivity index (χ4v) is 6.09. The number of nitrogens with one attached hydrogen (secondary N) is 1. The van der Waals surface area contributed by atoms with Gasteiger partial charge in [-0.1, -0.05) is 19.1 Å². The van der Waals surface area contributed by atoms with Crippen molar-refractivity contribution in [1.29, 1.82) is 0 Å². The molecule has 4 aromatic rings. The van der Waals surface area contributed by atoms with Gasteiger partial charge in [-0.15, -0.1) is 0 Å². The first-order valence-electron chi connectivity index (χ1n) is 14.6. The van der Waals surface area contributed by atoms with Crippen LogP contribution in [0.5, 0.6) is 0 Å². The molecule has 11 nitrogen and oxygen atoms in total. The molecule has 1 aliphatic carbocycles. The lowest BCUT2D eigenvalue weighted by molar-refractivity contribution is -0.141. The maximum absolute atomic E-state index is 13.8. The van der Waals surface area contributed by atoms with Crippen molar-refractivity contribution >= 4 is 40.4 Å². The lowest BCUT2D eigenvalue weighted by Crippen LogP contribution is -2.47. The van der Waals surface area contributed by atoms with Crippen molar-refractivity contribution in [2.24, 2.45) is 11.1 Å². The number of piperidine rings is 1. The summed E-state index contributed by atoms with van der Waals surface area (Å²) in [5.41, 5.74) is 7.40. The fourth-order valence-electron chi connectivity index (χ4n) is 6.09. The zero-order valence-electron chi connectivity index (χ0n) is 25.5.